The molecule has 0 aliphatic carbocycles. The molecule has 2 nitrogen and oxygen atoms in total. The molecule has 0 aliphatic rings. The Labute approximate surface area is 75.3 Å². The molecule has 0 bridgehead atoms. The van der Waals surface area contributed by atoms with Gasteiger partial charge in [0.25, 0.3) is 0 Å². The van der Waals surface area contributed by atoms with E-state index in [0.29, 0.717) is 6.61 Å². The standard InChI is InChI=1S/C10H18O2/c1-3-5-8-12-10-6-9-11-7-4-2/h3-5,7-9H2,1-2H3. The van der Waals surface area contributed by atoms with E-state index in [1.807, 2.05) is 0 Å². The van der Waals surface area contributed by atoms with E-state index in [2.05, 4.69) is 25.9 Å². The summed E-state index contributed by atoms with van der Waals surface area (Å²) in [6.45, 7) is 6.20. The lowest BCUT2D eigenvalue weighted by molar-refractivity contribution is 0.166. The number of rotatable bonds is 6. The fraction of sp³-hybridized carbons (Fsp3) is 0.800. The molecule has 12 heavy (non-hydrogen) atoms. The fourth-order valence-electron chi connectivity index (χ4n) is 0.616. The Balaban J connectivity index is 3.01. The van der Waals surface area contributed by atoms with Gasteiger partial charge in [0.1, 0.15) is 19.3 Å². The van der Waals surface area contributed by atoms with Crippen LogP contribution in [0.25, 0.3) is 0 Å². The van der Waals surface area contributed by atoms with Gasteiger partial charge in [-0.1, -0.05) is 20.3 Å². The van der Waals surface area contributed by atoms with Crippen molar-refractivity contribution in [2.45, 2.75) is 33.1 Å². The molecule has 0 spiro atoms. The van der Waals surface area contributed by atoms with E-state index >= 15 is 0 Å². The second-order valence-electron chi connectivity index (χ2n) is 2.53. The summed E-state index contributed by atoms with van der Waals surface area (Å²) in [6, 6.07) is 0. The highest BCUT2D eigenvalue weighted by Gasteiger charge is 1.80. The molecule has 0 saturated heterocycles. The van der Waals surface area contributed by atoms with E-state index in [0.717, 1.165) is 32.5 Å². The van der Waals surface area contributed by atoms with Crippen LogP contribution in [0.4, 0.5) is 0 Å². The molecule has 0 fully saturated rings. The Morgan fingerprint density at radius 3 is 2.58 bits per heavy atom. The van der Waals surface area contributed by atoms with Crippen LogP contribution < -0.4 is 0 Å². The van der Waals surface area contributed by atoms with E-state index < -0.39 is 0 Å². The molecular formula is C10H18O2. The monoisotopic (exact) mass is 170 g/mol. The highest BCUT2D eigenvalue weighted by molar-refractivity contribution is 4.91. The van der Waals surface area contributed by atoms with Crippen molar-refractivity contribution in [1.29, 1.82) is 0 Å². The lowest BCUT2D eigenvalue weighted by atomic mass is 10.4. The molecule has 0 rings (SSSR count). The summed E-state index contributed by atoms with van der Waals surface area (Å²) in [7, 11) is 0. The Kier molecular flexibility index (Phi) is 9.74. The molecule has 0 aromatic rings. The third-order valence-corrected chi connectivity index (χ3v) is 1.27. The van der Waals surface area contributed by atoms with Gasteiger partial charge in [-0.05, 0) is 18.8 Å². The first-order valence-electron chi connectivity index (χ1n) is 4.59. The van der Waals surface area contributed by atoms with E-state index in [4.69, 9.17) is 9.47 Å². The summed E-state index contributed by atoms with van der Waals surface area (Å²) >= 11 is 0. The normalized spacial score (nSPS) is 8.83. The van der Waals surface area contributed by atoms with Gasteiger partial charge >= 0.3 is 0 Å². The fourth-order valence-corrected chi connectivity index (χ4v) is 0.616. The van der Waals surface area contributed by atoms with E-state index in [9.17, 15) is 0 Å². The Bertz CT molecular complexity index is 119. The van der Waals surface area contributed by atoms with Crippen molar-refractivity contribution in [2.24, 2.45) is 0 Å². The van der Waals surface area contributed by atoms with Crippen LogP contribution in [0.2, 0.25) is 0 Å². The van der Waals surface area contributed by atoms with Gasteiger partial charge in [0.15, 0.2) is 0 Å². The van der Waals surface area contributed by atoms with Gasteiger partial charge in [-0.15, -0.1) is 0 Å². The molecule has 0 heterocycles. The van der Waals surface area contributed by atoms with Gasteiger partial charge in [-0.2, -0.15) is 0 Å². The first-order valence-corrected chi connectivity index (χ1v) is 4.59. The van der Waals surface area contributed by atoms with Gasteiger partial charge in [-0.25, -0.2) is 0 Å². The molecule has 0 amide bonds. The van der Waals surface area contributed by atoms with E-state index in [-0.39, 0.29) is 0 Å². The van der Waals surface area contributed by atoms with E-state index in [1.54, 1.807) is 0 Å². The van der Waals surface area contributed by atoms with Crippen LogP contribution in [-0.4, -0.2) is 19.8 Å². The number of hydrogen-bond acceptors (Lipinski definition) is 2. The van der Waals surface area contributed by atoms with Gasteiger partial charge < -0.3 is 9.47 Å². The van der Waals surface area contributed by atoms with Crippen molar-refractivity contribution in [3.63, 3.8) is 0 Å². The molecule has 0 atom stereocenters. The maximum atomic E-state index is 5.14. The molecule has 0 unspecified atom stereocenters. The van der Waals surface area contributed by atoms with Crippen LogP contribution in [0.3, 0.4) is 0 Å². The zero-order valence-electron chi connectivity index (χ0n) is 8.06. The lowest BCUT2D eigenvalue weighted by Crippen LogP contribution is -1.93. The molecule has 0 aromatic carbocycles. The summed E-state index contributed by atoms with van der Waals surface area (Å²) in [4.78, 5) is 0. The summed E-state index contributed by atoms with van der Waals surface area (Å²) < 4.78 is 10.1. The molecule has 2 heteroatoms. The smallest absolute Gasteiger partial charge is 0.112 e. The third-order valence-electron chi connectivity index (χ3n) is 1.27. The van der Waals surface area contributed by atoms with Gasteiger partial charge in [0, 0.05) is 6.61 Å². The summed E-state index contributed by atoms with van der Waals surface area (Å²) in [5, 5.41) is 0. The van der Waals surface area contributed by atoms with Gasteiger partial charge in [-0.3, -0.25) is 0 Å². The number of ether oxygens (including phenoxy) is 2. The average Bonchev–Trinajstić information content (AvgIpc) is 2.10. The third kappa shape index (κ3) is 9.32. The van der Waals surface area contributed by atoms with Crippen molar-refractivity contribution < 1.29 is 9.47 Å². The van der Waals surface area contributed by atoms with Crippen molar-refractivity contribution in [2.75, 3.05) is 19.8 Å². The molecule has 0 aromatic heterocycles. The lowest BCUT2D eigenvalue weighted by Gasteiger charge is -1.94. The summed E-state index contributed by atoms with van der Waals surface area (Å²) in [5.74, 6) is 2.78. The van der Waals surface area contributed by atoms with Crippen LogP contribution >= 0.6 is 0 Å². The minimum atomic E-state index is 0.486. The Morgan fingerprint density at radius 1 is 1.08 bits per heavy atom. The number of unbranched alkanes of at least 4 members (excludes halogenated alkanes) is 1. The molecule has 0 saturated carbocycles. The largest absolute Gasteiger partial charge is 0.447 e. The minimum absolute atomic E-state index is 0.486. The molecule has 0 aliphatic heterocycles. The van der Waals surface area contributed by atoms with Crippen molar-refractivity contribution >= 4 is 0 Å². The van der Waals surface area contributed by atoms with Crippen molar-refractivity contribution in [3.8, 4) is 12.0 Å². The Morgan fingerprint density at radius 2 is 1.92 bits per heavy atom. The zero-order valence-corrected chi connectivity index (χ0v) is 8.06. The number of hydrogen-bond donors (Lipinski definition) is 0. The highest BCUT2D eigenvalue weighted by atomic mass is 16.5. The second-order valence-corrected chi connectivity index (χ2v) is 2.53. The van der Waals surface area contributed by atoms with Crippen LogP contribution in [0, 0.1) is 12.0 Å². The quantitative estimate of drug-likeness (QED) is 0.449. The van der Waals surface area contributed by atoms with Crippen molar-refractivity contribution in [3.05, 3.63) is 0 Å². The minimum Gasteiger partial charge on any atom is -0.447 e. The maximum absolute atomic E-state index is 5.14. The predicted molar refractivity (Wildman–Crippen MR) is 49.7 cm³/mol. The van der Waals surface area contributed by atoms with E-state index in [1.165, 1.54) is 0 Å². The van der Waals surface area contributed by atoms with Crippen LogP contribution in [0.1, 0.15) is 33.1 Å². The van der Waals surface area contributed by atoms with Gasteiger partial charge in [0.05, 0.1) is 0 Å². The molecular weight excluding hydrogens is 152 g/mol. The predicted octanol–water partition coefficient (Wildman–Crippen LogP) is 2.19. The highest BCUT2D eigenvalue weighted by Crippen LogP contribution is 1.85. The average molecular weight is 170 g/mol. The first kappa shape index (κ1) is 11.3. The van der Waals surface area contributed by atoms with Gasteiger partial charge in [0.2, 0.25) is 0 Å². The first-order chi connectivity index (χ1) is 5.91. The second kappa shape index (κ2) is 10.3. The van der Waals surface area contributed by atoms with Crippen LogP contribution in [0.5, 0.6) is 0 Å². The van der Waals surface area contributed by atoms with Crippen molar-refractivity contribution in [1.82, 2.24) is 0 Å². The summed E-state index contributed by atoms with van der Waals surface area (Å²) in [5.41, 5.74) is 0. The van der Waals surface area contributed by atoms with Crippen LogP contribution in [0.15, 0.2) is 0 Å². The molecule has 0 radical (unpaired) electrons. The zero-order chi connectivity index (χ0) is 9.07. The Hall–Kier alpha value is -0.680. The topological polar surface area (TPSA) is 18.5 Å². The summed E-state index contributed by atoms with van der Waals surface area (Å²) in [6.07, 6.45) is 5.86. The molecule has 0 N–H and O–H groups in total. The molecule has 70 valence electrons. The SMILES string of the molecule is CCCCOC#CCOCCC. The maximum Gasteiger partial charge on any atom is 0.112 e. The van der Waals surface area contributed by atoms with Crippen LogP contribution in [-0.2, 0) is 9.47 Å².